The van der Waals surface area contributed by atoms with Gasteiger partial charge < -0.3 is 10.6 Å². The van der Waals surface area contributed by atoms with Crippen LogP contribution >= 0.6 is 34.3 Å². The fourth-order valence-electron chi connectivity index (χ4n) is 2.41. The summed E-state index contributed by atoms with van der Waals surface area (Å²) in [6.07, 6.45) is 0. The van der Waals surface area contributed by atoms with Gasteiger partial charge in [0.05, 0.1) is 14.9 Å². The van der Waals surface area contributed by atoms with Crippen molar-refractivity contribution in [2.45, 2.75) is 13.8 Å². The summed E-state index contributed by atoms with van der Waals surface area (Å²) in [6, 6.07) is 7.97. The molecule has 146 valence electrons. The molecule has 0 aliphatic carbocycles. The summed E-state index contributed by atoms with van der Waals surface area (Å²) < 4.78 is 14.2. The van der Waals surface area contributed by atoms with Crippen molar-refractivity contribution in [2.24, 2.45) is 0 Å². The largest absolute Gasteiger partial charge is 0.350 e. The number of nitrogens with zero attached hydrogens (tertiary/aromatic N) is 1. The Morgan fingerprint density at radius 3 is 2.43 bits per heavy atom. The highest BCUT2D eigenvalue weighted by Gasteiger charge is 2.17. The van der Waals surface area contributed by atoms with Gasteiger partial charge in [-0.15, -0.1) is 22.7 Å². The SMILES string of the molecule is Cc1ccc(C(=O)NCCNC(=O)c2sc(-c3ccc(Cl)s3)nc2C)cc1F. The average molecular weight is 438 g/mol. The molecule has 0 saturated carbocycles. The van der Waals surface area contributed by atoms with Gasteiger partial charge >= 0.3 is 0 Å². The van der Waals surface area contributed by atoms with Gasteiger partial charge in [0, 0.05) is 18.7 Å². The van der Waals surface area contributed by atoms with Crippen LogP contribution in [0.5, 0.6) is 0 Å². The van der Waals surface area contributed by atoms with E-state index in [0.29, 0.717) is 20.5 Å². The van der Waals surface area contributed by atoms with Crippen molar-refractivity contribution in [1.29, 1.82) is 0 Å². The lowest BCUT2D eigenvalue weighted by Gasteiger charge is -2.07. The van der Waals surface area contributed by atoms with Gasteiger partial charge in [0.2, 0.25) is 0 Å². The minimum atomic E-state index is -0.426. The highest BCUT2D eigenvalue weighted by atomic mass is 35.5. The van der Waals surface area contributed by atoms with Crippen LogP contribution in [0.3, 0.4) is 0 Å². The molecule has 2 heterocycles. The van der Waals surface area contributed by atoms with Gasteiger partial charge in [-0.1, -0.05) is 17.7 Å². The number of rotatable bonds is 6. The van der Waals surface area contributed by atoms with E-state index in [0.717, 1.165) is 9.88 Å². The smallest absolute Gasteiger partial charge is 0.263 e. The number of thiophene rings is 1. The fraction of sp³-hybridized carbons (Fsp3) is 0.211. The summed E-state index contributed by atoms with van der Waals surface area (Å²) in [4.78, 5) is 30.3. The van der Waals surface area contributed by atoms with Crippen LogP contribution in [0.4, 0.5) is 4.39 Å². The van der Waals surface area contributed by atoms with Gasteiger partial charge in [0.15, 0.2) is 0 Å². The molecule has 2 aromatic heterocycles. The van der Waals surface area contributed by atoms with Crippen LogP contribution < -0.4 is 10.6 Å². The number of carbonyl (C=O) groups excluding carboxylic acids is 2. The Morgan fingerprint density at radius 2 is 1.79 bits per heavy atom. The minimum Gasteiger partial charge on any atom is -0.350 e. The average Bonchev–Trinajstić information content (AvgIpc) is 3.26. The van der Waals surface area contributed by atoms with Crippen molar-refractivity contribution in [3.05, 3.63) is 62.2 Å². The molecule has 0 saturated heterocycles. The molecular formula is C19H17ClFN3O2S2. The normalized spacial score (nSPS) is 10.7. The number of nitrogens with one attached hydrogen (secondary N) is 2. The van der Waals surface area contributed by atoms with E-state index in [-0.39, 0.29) is 30.5 Å². The van der Waals surface area contributed by atoms with Crippen LogP contribution in [-0.2, 0) is 0 Å². The van der Waals surface area contributed by atoms with Crippen molar-refractivity contribution in [1.82, 2.24) is 15.6 Å². The molecule has 0 unspecified atom stereocenters. The molecule has 0 spiro atoms. The molecule has 9 heteroatoms. The van der Waals surface area contributed by atoms with Gasteiger partial charge in [-0.05, 0) is 43.7 Å². The van der Waals surface area contributed by atoms with E-state index >= 15 is 0 Å². The van der Waals surface area contributed by atoms with E-state index in [1.807, 2.05) is 6.07 Å². The summed E-state index contributed by atoms with van der Waals surface area (Å²) in [7, 11) is 0. The zero-order valence-corrected chi connectivity index (χ0v) is 17.5. The van der Waals surface area contributed by atoms with Crippen LogP contribution in [0.25, 0.3) is 9.88 Å². The van der Waals surface area contributed by atoms with E-state index in [9.17, 15) is 14.0 Å². The van der Waals surface area contributed by atoms with E-state index in [4.69, 9.17) is 11.6 Å². The number of amides is 2. The maximum atomic E-state index is 13.5. The first-order chi connectivity index (χ1) is 13.3. The zero-order valence-electron chi connectivity index (χ0n) is 15.1. The first kappa shape index (κ1) is 20.4. The van der Waals surface area contributed by atoms with Crippen LogP contribution in [0.15, 0.2) is 30.3 Å². The Morgan fingerprint density at radius 1 is 1.07 bits per heavy atom. The first-order valence-electron chi connectivity index (χ1n) is 8.41. The van der Waals surface area contributed by atoms with Crippen LogP contribution in [-0.4, -0.2) is 29.9 Å². The molecule has 1 aromatic carbocycles. The molecule has 0 atom stereocenters. The van der Waals surface area contributed by atoms with Crippen molar-refractivity contribution in [2.75, 3.05) is 13.1 Å². The molecule has 28 heavy (non-hydrogen) atoms. The third-order valence-corrected chi connectivity index (χ3v) is 6.47. The predicted molar refractivity (Wildman–Crippen MR) is 111 cm³/mol. The van der Waals surface area contributed by atoms with Gasteiger partial charge in [0.25, 0.3) is 11.8 Å². The third-order valence-electron chi connectivity index (χ3n) is 3.92. The second kappa shape index (κ2) is 8.81. The third kappa shape index (κ3) is 4.76. The maximum Gasteiger partial charge on any atom is 0.263 e. The Labute approximate surface area is 174 Å². The van der Waals surface area contributed by atoms with Crippen LogP contribution in [0.1, 0.15) is 31.3 Å². The summed E-state index contributed by atoms with van der Waals surface area (Å²) in [5.41, 5.74) is 1.36. The van der Waals surface area contributed by atoms with E-state index in [2.05, 4.69) is 15.6 Å². The molecule has 2 N–H and O–H groups in total. The van der Waals surface area contributed by atoms with Gasteiger partial charge in [-0.25, -0.2) is 9.37 Å². The Kier molecular flexibility index (Phi) is 6.43. The number of aromatic nitrogens is 1. The lowest BCUT2D eigenvalue weighted by Crippen LogP contribution is -2.34. The van der Waals surface area contributed by atoms with Crippen LogP contribution in [0.2, 0.25) is 4.34 Å². The first-order valence-corrected chi connectivity index (χ1v) is 10.4. The van der Waals surface area contributed by atoms with Crippen LogP contribution in [0, 0.1) is 19.7 Å². The van der Waals surface area contributed by atoms with E-state index in [1.54, 1.807) is 32.0 Å². The Bertz CT molecular complexity index is 1030. The summed E-state index contributed by atoms with van der Waals surface area (Å²) in [5.74, 6) is -1.07. The molecule has 3 aromatic rings. The molecule has 2 amide bonds. The fourth-order valence-corrected chi connectivity index (χ4v) is 4.49. The molecule has 0 fully saturated rings. The molecule has 3 rings (SSSR count). The van der Waals surface area contributed by atoms with Crippen molar-refractivity contribution < 1.29 is 14.0 Å². The number of carbonyl (C=O) groups is 2. The topological polar surface area (TPSA) is 71.1 Å². The maximum absolute atomic E-state index is 13.5. The zero-order chi connectivity index (χ0) is 20.3. The second-order valence-corrected chi connectivity index (χ2v) is 8.73. The lowest BCUT2D eigenvalue weighted by atomic mass is 10.1. The van der Waals surface area contributed by atoms with Gasteiger partial charge in [-0.2, -0.15) is 0 Å². The minimum absolute atomic E-state index is 0.227. The quantitative estimate of drug-likeness (QED) is 0.560. The number of hydrogen-bond acceptors (Lipinski definition) is 5. The summed E-state index contributed by atoms with van der Waals surface area (Å²) >= 11 is 8.66. The lowest BCUT2D eigenvalue weighted by molar-refractivity contribution is 0.0929. The number of thiazole rings is 1. The van der Waals surface area contributed by atoms with E-state index < -0.39 is 5.82 Å². The van der Waals surface area contributed by atoms with Gasteiger partial charge in [0.1, 0.15) is 15.7 Å². The predicted octanol–water partition coefficient (Wildman–Crippen LogP) is 4.44. The molecule has 0 aliphatic rings. The van der Waals surface area contributed by atoms with Gasteiger partial charge in [-0.3, -0.25) is 9.59 Å². The molecule has 0 radical (unpaired) electrons. The van der Waals surface area contributed by atoms with Crippen molar-refractivity contribution in [3.63, 3.8) is 0 Å². The monoisotopic (exact) mass is 437 g/mol. The molecule has 0 aliphatic heterocycles. The number of hydrogen-bond donors (Lipinski definition) is 2. The molecular weight excluding hydrogens is 421 g/mol. The van der Waals surface area contributed by atoms with Crippen molar-refractivity contribution >= 4 is 46.1 Å². The Balaban J connectivity index is 1.52. The molecule has 5 nitrogen and oxygen atoms in total. The number of benzene rings is 1. The van der Waals surface area contributed by atoms with Crippen molar-refractivity contribution in [3.8, 4) is 9.88 Å². The second-order valence-electron chi connectivity index (χ2n) is 6.01. The Hall–Kier alpha value is -2.29. The number of aryl methyl sites for hydroxylation is 2. The molecule has 0 bridgehead atoms. The summed E-state index contributed by atoms with van der Waals surface area (Å²) in [5, 5.41) is 6.16. The highest BCUT2D eigenvalue weighted by Crippen LogP contribution is 2.34. The highest BCUT2D eigenvalue weighted by molar-refractivity contribution is 7.24. The standard InChI is InChI=1S/C19H17ClFN3O2S2/c1-10-3-4-12(9-13(10)21)17(25)22-7-8-23-18(26)16-11(2)24-19(28-16)14-5-6-15(20)27-14/h3-6,9H,7-8H2,1-2H3,(H,22,25)(H,23,26). The number of halogens is 2. The van der Waals surface area contributed by atoms with E-state index in [1.165, 1.54) is 28.7 Å². The summed E-state index contributed by atoms with van der Waals surface area (Å²) in [6.45, 7) is 3.88.